The molecule has 0 saturated heterocycles. The smallest absolute Gasteiger partial charge is 0.345 e. The standard InChI is InChI=1S/C16H12ClN3O6/c17-11-6-7-12(13(8-11)20(24)25)16(23)26-9-14(21)18-19-15(22)10-4-2-1-3-5-10/h1-8H,9H2,(H,18,21)(H,19,22). The van der Waals surface area contributed by atoms with E-state index in [-0.39, 0.29) is 10.6 Å². The van der Waals surface area contributed by atoms with Crippen LogP contribution in [0.2, 0.25) is 5.02 Å². The van der Waals surface area contributed by atoms with Crippen LogP contribution in [0.1, 0.15) is 20.7 Å². The Morgan fingerprint density at radius 3 is 2.42 bits per heavy atom. The lowest BCUT2D eigenvalue weighted by molar-refractivity contribution is -0.385. The van der Waals surface area contributed by atoms with Crippen molar-refractivity contribution in [3.8, 4) is 0 Å². The number of nitrogens with zero attached hydrogens (tertiary/aromatic N) is 1. The zero-order valence-electron chi connectivity index (χ0n) is 13.1. The highest BCUT2D eigenvalue weighted by molar-refractivity contribution is 6.31. The number of ether oxygens (including phenoxy) is 1. The van der Waals surface area contributed by atoms with Crippen molar-refractivity contribution in [2.75, 3.05) is 6.61 Å². The normalized spacial score (nSPS) is 9.88. The highest BCUT2D eigenvalue weighted by Gasteiger charge is 2.22. The molecule has 2 amide bonds. The lowest BCUT2D eigenvalue weighted by Gasteiger charge is -2.08. The van der Waals surface area contributed by atoms with Crippen molar-refractivity contribution >= 4 is 35.1 Å². The summed E-state index contributed by atoms with van der Waals surface area (Å²) in [4.78, 5) is 45.4. The Morgan fingerprint density at radius 2 is 1.77 bits per heavy atom. The van der Waals surface area contributed by atoms with Gasteiger partial charge < -0.3 is 4.74 Å². The van der Waals surface area contributed by atoms with Crippen molar-refractivity contribution in [1.29, 1.82) is 0 Å². The van der Waals surface area contributed by atoms with E-state index in [2.05, 4.69) is 10.9 Å². The summed E-state index contributed by atoms with van der Waals surface area (Å²) >= 11 is 5.65. The van der Waals surface area contributed by atoms with Gasteiger partial charge in [0.05, 0.1) is 4.92 Å². The zero-order chi connectivity index (χ0) is 19.1. The van der Waals surface area contributed by atoms with Gasteiger partial charge in [-0.1, -0.05) is 29.8 Å². The lowest BCUT2D eigenvalue weighted by Crippen LogP contribution is -2.43. The van der Waals surface area contributed by atoms with Crippen LogP contribution in [0.15, 0.2) is 48.5 Å². The minimum Gasteiger partial charge on any atom is -0.452 e. The molecule has 0 aliphatic carbocycles. The fraction of sp³-hybridized carbons (Fsp3) is 0.0625. The minimum atomic E-state index is -1.07. The van der Waals surface area contributed by atoms with Gasteiger partial charge in [-0.3, -0.25) is 30.6 Å². The second-order valence-electron chi connectivity index (χ2n) is 4.86. The molecule has 0 unspecified atom stereocenters. The van der Waals surface area contributed by atoms with E-state index in [1.165, 1.54) is 6.07 Å². The van der Waals surface area contributed by atoms with Gasteiger partial charge in [-0.2, -0.15) is 0 Å². The summed E-state index contributed by atoms with van der Waals surface area (Å²) in [5.74, 6) is -2.45. The number of carbonyl (C=O) groups excluding carboxylic acids is 3. The first-order valence-electron chi connectivity index (χ1n) is 7.14. The average molecular weight is 378 g/mol. The first-order chi connectivity index (χ1) is 12.4. The molecule has 0 aliphatic heterocycles. The summed E-state index contributed by atoms with van der Waals surface area (Å²) in [6.07, 6.45) is 0. The van der Waals surface area contributed by atoms with E-state index in [4.69, 9.17) is 16.3 Å². The number of nitro benzene ring substituents is 1. The van der Waals surface area contributed by atoms with Gasteiger partial charge >= 0.3 is 5.97 Å². The monoisotopic (exact) mass is 377 g/mol. The van der Waals surface area contributed by atoms with Gasteiger partial charge in [-0.25, -0.2) is 4.79 Å². The van der Waals surface area contributed by atoms with Gasteiger partial charge in [0.1, 0.15) is 5.56 Å². The highest BCUT2D eigenvalue weighted by atomic mass is 35.5. The number of rotatable bonds is 5. The topological polar surface area (TPSA) is 128 Å². The number of carbonyl (C=O) groups is 3. The van der Waals surface area contributed by atoms with Crippen molar-refractivity contribution < 1.29 is 24.0 Å². The molecule has 9 nitrogen and oxygen atoms in total. The summed E-state index contributed by atoms with van der Waals surface area (Å²) in [6.45, 7) is -0.742. The van der Waals surface area contributed by atoms with Crippen LogP contribution in [0, 0.1) is 10.1 Å². The largest absolute Gasteiger partial charge is 0.452 e. The second-order valence-corrected chi connectivity index (χ2v) is 5.30. The molecule has 0 aromatic heterocycles. The number of hydrogen-bond acceptors (Lipinski definition) is 6. The molecule has 10 heteroatoms. The lowest BCUT2D eigenvalue weighted by atomic mass is 10.2. The summed E-state index contributed by atoms with van der Waals surface area (Å²) < 4.78 is 4.71. The Morgan fingerprint density at radius 1 is 1.08 bits per heavy atom. The van der Waals surface area contributed by atoms with Crippen molar-refractivity contribution in [3.05, 3.63) is 74.8 Å². The Bertz CT molecular complexity index is 856. The molecule has 26 heavy (non-hydrogen) atoms. The molecule has 0 fully saturated rings. The highest BCUT2D eigenvalue weighted by Crippen LogP contribution is 2.23. The van der Waals surface area contributed by atoms with E-state index in [0.717, 1.165) is 12.1 Å². The molecular weight excluding hydrogens is 366 g/mol. The quantitative estimate of drug-likeness (QED) is 0.465. The van der Waals surface area contributed by atoms with Crippen molar-refractivity contribution in [3.63, 3.8) is 0 Å². The molecule has 2 aromatic rings. The van der Waals surface area contributed by atoms with Gasteiger partial charge in [-0.05, 0) is 24.3 Å². The number of nitrogens with one attached hydrogen (secondary N) is 2. The third kappa shape index (κ3) is 5.02. The Kier molecular flexibility index (Phi) is 6.23. The maximum Gasteiger partial charge on any atom is 0.345 e. The van der Waals surface area contributed by atoms with Gasteiger partial charge in [0, 0.05) is 16.7 Å². The third-order valence-electron chi connectivity index (χ3n) is 3.06. The molecular formula is C16H12ClN3O6. The molecule has 2 rings (SSSR count). The molecule has 2 N–H and O–H groups in total. The maximum absolute atomic E-state index is 11.9. The molecule has 0 spiro atoms. The van der Waals surface area contributed by atoms with Crippen LogP contribution >= 0.6 is 11.6 Å². The van der Waals surface area contributed by atoms with Crippen LogP contribution in [-0.2, 0) is 9.53 Å². The van der Waals surface area contributed by atoms with E-state index in [0.29, 0.717) is 5.56 Å². The van der Waals surface area contributed by atoms with Crippen LogP contribution in [0.4, 0.5) is 5.69 Å². The number of halogens is 1. The fourth-order valence-electron chi connectivity index (χ4n) is 1.86. The Labute approximate surface area is 152 Å². The van der Waals surface area contributed by atoms with E-state index in [1.807, 2.05) is 0 Å². The predicted octanol–water partition coefficient (Wildman–Crippen LogP) is 1.87. The number of benzene rings is 2. The average Bonchev–Trinajstić information content (AvgIpc) is 2.64. The van der Waals surface area contributed by atoms with E-state index >= 15 is 0 Å². The number of amides is 2. The molecule has 0 atom stereocenters. The summed E-state index contributed by atoms with van der Waals surface area (Å²) in [7, 11) is 0. The second kappa shape index (κ2) is 8.58. The first-order valence-corrected chi connectivity index (χ1v) is 7.51. The van der Waals surface area contributed by atoms with Crippen LogP contribution in [0.5, 0.6) is 0 Å². The van der Waals surface area contributed by atoms with Crippen LogP contribution in [0.25, 0.3) is 0 Å². The van der Waals surface area contributed by atoms with E-state index in [9.17, 15) is 24.5 Å². The fourth-order valence-corrected chi connectivity index (χ4v) is 2.03. The van der Waals surface area contributed by atoms with Crippen molar-refractivity contribution in [2.24, 2.45) is 0 Å². The molecule has 0 heterocycles. The summed E-state index contributed by atoms with van der Waals surface area (Å²) in [5.41, 5.74) is 3.64. The molecule has 0 aliphatic rings. The first kappa shape index (κ1) is 18.9. The number of hydrogen-bond donors (Lipinski definition) is 2. The van der Waals surface area contributed by atoms with Gasteiger partial charge in [0.2, 0.25) is 0 Å². The zero-order valence-corrected chi connectivity index (χ0v) is 13.9. The summed E-state index contributed by atoms with van der Waals surface area (Å²) in [5, 5.41) is 11.0. The van der Waals surface area contributed by atoms with Gasteiger partial charge in [-0.15, -0.1) is 0 Å². The summed E-state index contributed by atoms with van der Waals surface area (Å²) in [6, 6.07) is 11.5. The minimum absolute atomic E-state index is 0.0783. The third-order valence-corrected chi connectivity index (χ3v) is 3.30. The van der Waals surface area contributed by atoms with Crippen LogP contribution < -0.4 is 10.9 Å². The Hall–Kier alpha value is -3.46. The molecule has 2 aromatic carbocycles. The van der Waals surface area contributed by atoms with Gasteiger partial charge in [0.25, 0.3) is 17.5 Å². The molecule has 0 saturated carbocycles. The number of nitro groups is 1. The molecule has 0 radical (unpaired) electrons. The number of esters is 1. The van der Waals surface area contributed by atoms with E-state index < -0.39 is 35.0 Å². The van der Waals surface area contributed by atoms with Crippen LogP contribution in [-0.4, -0.2) is 29.3 Å². The Balaban J connectivity index is 1.88. The van der Waals surface area contributed by atoms with Crippen molar-refractivity contribution in [2.45, 2.75) is 0 Å². The molecule has 134 valence electrons. The van der Waals surface area contributed by atoms with Crippen molar-refractivity contribution in [1.82, 2.24) is 10.9 Å². The van der Waals surface area contributed by atoms with E-state index in [1.54, 1.807) is 30.3 Å². The SMILES string of the molecule is O=C(COC(=O)c1ccc(Cl)cc1[N+](=O)[O-])NNC(=O)c1ccccc1. The maximum atomic E-state index is 11.9. The molecule has 0 bridgehead atoms. The predicted molar refractivity (Wildman–Crippen MR) is 90.4 cm³/mol. The van der Waals surface area contributed by atoms with Gasteiger partial charge in [0.15, 0.2) is 6.61 Å². The van der Waals surface area contributed by atoms with Crippen LogP contribution in [0.3, 0.4) is 0 Å². The number of hydrazine groups is 1.